The average Bonchev–Trinajstić information content (AvgIpc) is 3.09. The number of hydrogen-bond donors (Lipinski definition) is 0. The van der Waals surface area contributed by atoms with Crippen molar-refractivity contribution in [1.82, 2.24) is 0 Å². The van der Waals surface area contributed by atoms with Gasteiger partial charge in [-0.2, -0.15) is 0 Å². The number of phosphoric acid groups is 1. The predicted molar refractivity (Wildman–Crippen MR) is 222 cm³/mol. The molecule has 5 heteroatoms. The maximum absolute atomic E-state index is 13.8. The summed E-state index contributed by atoms with van der Waals surface area (Å²) in [5.41, 5.74) is 0. The summed E-state index contributed by atoms with van der Waals surface area (Å²) in [6.07, 6.45) is 43.3. The second-order valence-corrected chi connectivity index (χ2v) is 18.1. The number of phosphoric ester groups is 1. The molecule has 0 saturated carbocycles. The smallest absolute Gasteiger partial charge is 0.287 e. The minimum Gasteiger partial charge on any atom is -0.287 e. The Morgan fingerprint density at radius 2 is 0.520 bits per heavy atom. The first-order chi connectivity index (χ1) is 24.4. The van der Waals surface area contributed by atoms with Gasteiger partial charge in [-0.05, 0) is 37.0 Å². The van der Waals surface area contributed by atoms with E-state index < -0.39 is 7.82 Å². The lowest BCUT2D eigenvalue weighted by Crippen LogP contribution is -2.09. The molecule has 50 heavy (non-hydrogen) atoms. The fraction of sp³-hybridized carbons (Fsp3) is 1.00. The van der Waals surface area contributed by atoms with Crippen molar-refractivity contribution >= 4 is 7.82 Å². The Hall–Kier alpha value is 0.110. The van der Waals surface area contributed by atoms with Crippen LogP contribution in [0.4, 0.5) is 0 Å². The highest BCUT2D eigenvalue weighted by atomic mass is 31.2. The SMILES string of the molecule is CCCCCCCCCCCC(C)CCOP(=O)(OCCC(C)CCCCCCCCCCC)OCCC(C)CCCCCCCCCCC. The van der Waals surface area contributed by atoms with Crippen molar-refractivity contribution < 1.29 is 18.1 Å². The summed E-state index contributed by atoms with van der Waals surface area (Å²) in [6.45, 7) is 15.1. The molecule has 0 aromatic carbocycles. The number of unbranched alkanes of at least 4 members (excludes halogenated alkanes) is 24. The third kappa shape index (κ3) is 36.5. The fourth-order valence-corrected chi connectivity index (χ4v) is 8.26. The molecular weight excluding hydrogens is 635 g/mol. The van der Waals surface area contributed by atoms with Gasteiger partial charge in [-0.3, -0.25) is 13.6 Å². The van der Waals surface area contributed by atoms with Gasteiger partial charge in [0.25, 0.3) is 0 Å². The predicted octanol–water partition coefficient (Wildman–Crippen LogP) is 17.0. The molecule has 0 N–H and O–H groups in total. The summed E-state index contributed by atoms with van der Waals surface area (Å²) in [6, 6.07) is 0. The van der Waals surface area contributed by atoms with Crippen molar-refractivity contribution in [2.75, 3.05) is 19.8 Å². The maximum Gasteiger partial charge on any atom is 0.474 e. The van der Waals surface area contributed by atoms with E-state index in [4.69, 9.17) is 13.6 Å². The Balaban J connectivity index is 4.44. The Morgan fingerprint density at radius 3 is 0.740 bits per heavy atom. The van der Waals surface area contributed by atoms with Crippen molar-refractivity contribution in [3.8, 4) is 0 Å². The van der Waals surface area contributed by atoms with Crippen LogP contribution in [-0.2, 0) is 18.1 Å². The van der Waals surface area contributed by atoms with Gasteiger partial charge in [0.05, 0.1) is 19.8 Å². The third-order valence-corrected chi connectivity index (χ3v) is 12.5. The van der Waals surface area contributed by atoms with Crippen LogP contribution in [0.2, 0.25) is 0 Å². The maximum atomic E-state index is 13.8. The second-order valence-electron chi connectivity index (χ2n) is 16.5. The standard InChI is InChI=1S/C45H93O4P/c1-7-10-13-16-19-22-25-28-31-34-43(4)37-40-47-50(46,48-41-38-44(5)35-32-29-26-23-20-17-14-11-8-2)49-42-39-45(6)36-33-30-27-24-21-18-15-12-9-3/h43-45H,7-42H2,1-6H3. The summed E-state index contributed by atoms with van der Waals surface area (Å²) >= 11 is 0. The average molecular weight is 729 g/mol. The van der Waals surface area contributed by atoms with Crippen molar-refractivity contribution in [2.45, 2.75) is 253 Å². The van der Waals surface area contributed by atoms with E-state index in [9.17, 15) is 4.57 Å². The van der Waals surface area contributed by atoms with E-state index >= 15 is 0 Å². The molecule has 302 valence electrons. The van der Waals surface area contributed by atoms with Gasteiger partial charge in [0.2, 0.25) is 0 Å². The quantitative estimate of drug-likeness (QED) is 0.0464. The zero-order chi connectivity index (χ0) is 36.8. The molecule has 3 unspecified atom stereocenters. The van der Waals surface area contributed by atoms with Crippen molar-refractivity contribution in [3.05, 3.63) is 0 Å². The molecule has 0 fully saturated rings. The molecule has 0 aliphatic rings. The van der Waals surface area contributed by atoms with Gasteiger partial charge < -0.3 is 0 Å². The molecule has 0 aromatic rings. The van der Waals surface area contributed by atoms with Gasteiger partial charge in [0.1, 0.15) is 0 Å². The topological polar surface area (TPSA) is 44.8 Å². The summed E-state index contributed by atoms with van der Waals surface area (Å²) in [4.78, 5) is 0. The van der Waals surface area contributed by atoms with E-state index in [-0.39, 0.29) is 0 Å². The summed E-state index contributed by atoms with van der Waals surface area (Å²) < 4.78 is 31.7. The minimum atomic E-state index is -3.55. The normalized spacial score (nSPS) is 14.9. The molecular formula is C45H93O4P. The van der Waals surface area contributed by atoms with E-state index in [1.807, 2.05) is 0 Å². The van der Waals surface area contributed by atoms with Gasteiger partial charge in [0.15, 0.2) is 0 Å². The van der Waals surface area contributed by atoms with Gasteiger partial charge in [-0.25, -0.2) is 4.57 Å². The monoisotopic (exact) mass is 729 g/mol. The van der Waals surface area contributed by atoms with Crippen LogP contribution < -0.4 is 0 Å². The van der Waals surface area contributed by atoms with E-state index in [1.165, 1.54) is 193 Å². The first-order valence-electron chi connectivity index (χ1n) is 22.9. The van der Waals surface area contributed by atoms with Crippen LogP contribution in [0.3, 0.4) is 0 Å². The summed E-state index contributed by atoms with van der Waals surface area (Å²) in [5, 5.41) is 0. The molecule has 0 rings (SSSR count). The highest BCUT2D eigenvalue weighted by Crippen LogP contribution is 2.50. The highest BCUT2D eigenvalue weighted by molar-refractivity contribution is 7.48. The Bertz CT molecular complexity index is 610. The van der Waals surface area contributed by atoms with Crippen molar-refractivity contribution in [1.29, 1.82) is 0 Å². The third-order valence-electron chi connectivity index (χ3n) is 11.0. The van der Waals surface area contributed by atoms with Crippen LogP contribution in [0.15, 0.2) is 0 Å². The van der Waals surface area contributed by atoms with Crippen LogP contribution in [-0.4, -0.2) is 19.8 Å². The van der Waals surface area contributed by atoms with Gasteiger partial charge in [-0.15, -0.1) is 0 Å². The zero-order valence-corrected chi connectivity index (χ0v) is 36.2. The van der Waals surface area contributed by atoms with Crippen LogP contribution in [0.25, 0.3) is 0 Å². The van der Waals surface area contributed by atoms with Crippen LogP contribution in [0.1, 0.15) is 253 Å². The highest BCUT2D eigenvalue weighted by Gasteiger charge is 2.27. The molecule has 0 aliphatic carbocycles. The van der Waals surface area contributed by atoms with E-state index in [2.05, 4.69) is 41.5 Å². The van der Waals surface area contributed by atoms with Gasteiger partial charge in [-0.1, -0.05) is 234 Å². The largest absolute Gasteiger partial charge is 0.474 e. The summed E-state index contributed by atoms with van der Waals surface area (Å²) in [5.74, 6) is 1.71. The lowest BCUT2D eigenvalue weighted by atomic mass is 9.99. The van der Waals surface area contributed by atoms with Gasteiger partial charge >= 0.3 is 7.82 Å². The van der Waals surface area contributed by atoms with E-state index in [0.717, 1.165) is 19.3 Å². The van der Waals surface area contributed by atoms with E-state index in [0.29, 0.717) is 37.6 Å². The Morgan fingerprint density at radius 1 is 0.320 bits per heavy atom. The second kappa shape index (κ2) is 38.8. The van der Waals surface area contributed by atoms with Crippen LogP contribution in [0.5, 0.6) is 0 Å². The molecule has 0 aromatic heterocycles. The molecule has 0 spiro atoms. The number of rotatable bonds is 42. The Labute approximate surface area is 316 Å². The fourth-order valence-electron chi connectivity index (χ4n) is 7.05. The van der Waals surface area contributed by atoms with Crippen molar-refractivity contribution in [2.24, 2.45) is 17.8 Å². The lowest BCUT2D eigenvalue weighted by Gasteiger charge is -2.21. The molecule has 0 bridgehead atoms. The Kier molecular flexibility index (Phi) is 38.9. The molecule has 0 amide bonds. The molecule has 0 aliphatic heterocycles. The molecule has 0 radical (unpaired) electrons. The van der Waals surface area contributed by atoms with E-state index in [1.54, 1.807) is 0 Å². The molecule has 0 saturated heterocycles. The molecule has 0 heterocycles. The lowest BCUT2D eigenvalue weighted by molar-refractivity contribution is 0.0995. The first kappa shape index (κ1) is 50.1. The number of hydrogen-bond acceptors (Lipinski definition) is 4. The first-order valence-corrected chi connectivity index (χ1v) is 24.4. The minimum absolute atomic E-state index is 0.456. The molecule has 4 nitrogen and oxygen atoms in total. The van der Waals surface area contributed by atoms with Gasteiger partial charge in [0, 0.05) is 0 Å². The van der Waals surface area contributed by atoms with Crippen molar-refractivity contribution in [3.63, 3.8) is 0 Å². The molecule has 3 atom stereocenters. The van der Waals surface area contributed by atoms with Crippen LogP contribution >= 0.6 is 7.82 Å². The zero-order valence-electron chi connectivity index (χ0n) is 35.3. The summed E-state index contributed by atoms with van der Waals surface area (Å²) in [7, 11) is -3.55. The van der Waals surface area contributed by atoms with Crippen LogP contribution in [0, 0.1) is 17.8 Å².